The van der Waals surface area contributed by atoms with Gasteiger partial charge in [0.25, 0.3) is 0 Å². The molecule has 1 N–H and O–H groups in total. The summed E-state index contributed by atoms with van der Waals surface area (Å²) in [5.41, 5.74) is 1.14. The summed E-state index contributed by atoms with van der Waals surface area (Å²) in [7, 11) is 0. The minimum Gasteiger partial charge on any atom is -0.433 e. The number of nitrogens with one attached hydrogen (secondary N) is 1. The number of carbonyl (C=O) groups is 1. The first kappa shape index (κ1) is 15.9. The van der Waals surface area contributed by atoms with Gasteiger partial charge in [-0.25, -0.2) is 0 Å². The highest BCUT2D eigenvalue weighted by Gasteiger charge is 2.09. The van der Waals surface area contributed by atoms with E-state index in [1.165, 1.54) is 24.3 Å². The van der Waals surface area contributed by atoms with Crippen molar-refractivity contribution in [2.45, 2.75) is 6.61 Å². The lowest BCUT2D eigenvalue weighted by Gasteiger charge is -2.08. The lowest BCUT2D eigenvalue weighted by Crippen LogP contribution is -2.08. The summed E-state index contributed by atoms with van der Waals surface area (Å²) in [4.78, 5) is 15.7. The maximum Gasteiger partial charge on any atom is 0.387 e. The predicted molar refractivity (Wildman–Crippen MR) is 80.0 cm³/mol. The summed E-state index contributed by atoms with van der Waals surface area (Å²) in [6, 6.07) is 7.55. The van der Waals surface area contributed by atoms with Crippen LogP contribution in [0.1, 0.15) is 5.56 Å². The summed E-state index contributed by atoms with van der Waals surface area (Å²) in [6.45, 7) is -2.96. The zero-order valence-corrected chi connectivity index (χ0v) is 11.9. The van der Waals surface area contributed by atoms with Gasteiger partial charge in [0.1, 0.15) is 5.75 Å². The highest BCUT2D eigenvalue weighted by Crippen LogP contribution is 2.28. The summed E-state index contributed by atoms with van der Waals surface area (Å²) in [5.74, 6) is -0.539. The number of hydrogen-bond donors (Lipinski definition) is 1. The Balaban J connectivity index is 2.00. The van der Waals surface area contributed by atoms with Crippen LogP contribution >= 0.6 is 11.6 Å². The van der Waals surface area contributed by atoms with Gasteiger partial charge in [-0.15, -0.1) is 0 Å². The molecule has 4 nitrogen and oxygen atoms in total. The first-order valence-electron chi connectivity index (χ1n) is 6.18. The number of carbonyl (C=O) groups excluding carboxylic acids is 1. The Kier molecular flexibility index (Phi) is 5.43. The Morgan fingerprint density at radius 2 is 2.18 bits per heavy atom. The van der Waals surface area contributed by atoms with Crippen molar-refractivity contribution in [2.24, 2.45) is 0 Å². The van der Waals surface area contributed by atoms with Crippen molar-refractivity contribution in [3.8, 4) is 5.75 Å². The number of rotatable bonds is 5. The molecule has 0 unspecified atom stereocenters. The summed E-state index contributed by atoms with van der Waals surface area (Å²) in [5, 5.41) is 2.54. The van der Waals surface area contributed by atoms with Gasteiger partial charge in [0.05, 0.1) is 5.02 Å². The van der Waals surface area contributed by atoms with Crippen LogP contribution in [0.2, 0.25) is 5.02 Å². The average Bonchev–Trinajstić information content (AvgIpc) is 2.49. The molecule has 0 aliphatic heterocycles. The third kappa shape index (κ3) is 4.82. The molecule has 0 saturated carbocycles. The van der Waals surface area contributed by atoms with Crippen molar-refractivity contribution >= 4 is 29.3 Å². The Labute approximate surface area is 130 Å². The van der Waals surface area contributed by atoms with Gasteiger partial charge in [-0.3, -0.25) is 9.78 Å². The van der Waals surface area contributed by atoms with E-state index in [1.54, 1.807) is 30.6 Å². The van der Waals surface area contributed by atoms with E-state index in [9.17, 15) is 13.6 Å². The number of ether oxygens (including phenoxy) is 1. The van der Waals surface area contributed by atoms with Gasteiger partial charge in [-0.2, -0.15) is 8.78 Å². The molecule has 0 atom stereocenters. The second-order valence-electron chi connectivity index (χ2n) is 4.13. The maximum atomic E-state index is 12.1. The fourth-order valence-corrected chi connectivity index (χ4v) is 1.83. The molecule has 114 valence electrons. The average molecular weight is 325 g/mol. The van der Waals surface area contributed by atoms with Crippen LogP contribution in [0.5, 0.6) is 5.75 Å². The van der Waals surface area contributed by atoms with Crippen LogP contribution < -0.4 is 10.1 Å². The summed E-state index contributed by atoms with van der Waals surface area (Å²) in [6.07, 6.45) is 6.16. The van der Waals surface area contributed by atoms with E-state index in [2.05, 4.69) is 15.0 Å². The number of benzene rings is 1. The SMILES string of the molecule is O=C(/C=C/c1cccnc1)Nc1ccc(OC(F)F)c(Cl)c1. The van der Waals surface area contributed by atoms with Gasteiger partial charge in [-0.05, 0) is 35.9 Å². The predicted octanol–water partition coefficient (Wildman–Crippen LogP) is 3.99. The lowest BCUT2D eigenvalue weighted by atomic mass is 10.2. The highest BCUT2D eigenvalue weighted by molar-refractivity contribution is 6.32. The van der Waals surface area contributed by atoms with E-state index in [0.717, 1.165) is 5.56 Å². The van der Waals surface area contributed by atoms with E-state index < -0.39 is 6.61 Å². The first-order chi connectivity index (χ1) is 10.5. The topological polar surface area (TPSA) is 51.2 Å². The maximum absolute atomic E-state index is 12.1. The third-order valence-corrected chi connectivity index (χ3v) is 2.82. The number of nitrogens with zero attached hydrogens (tertiary/aromatic N) is 1. The molecular formula is C15H11ClF2N2O2. The van der Waals surface area contributed by atoms with Crippen LogP contribution in [0.15, 0.2) is 48.8 Å². The van der Waals surface area contributed by atoms with E-state index in [1.807, 2.05) is 0 Å². The van der Waals surface area contributed by atoms with Crippen LogP contribution in [-0.2, 0) is 4.79 Å². The molecule has 0 saturated heterocycles. The third-order valence-electron chi connectivity index (χ3n) is 2.53. The standard InChI is InChI=1S/C15H11ClF2N2O2/c16-12-8-11(4-5-13(12)22-15(17)18)20-14(21)6-3-10-2-1-7-19-9-10/h1-9,15H,(H,20,21)/b6-3+. The molecule has 1 amide bonds. The molecule has 0 aliphatic carbocycles. The van der Waals surface area contributed by atoms with Gasteiger partial charge in [0, 0.05) is 24.2 Å². The number of aromatic nitrogens is 1. The van der Waals surface area contributed by atoms with Crippen molar-refractivity contribution in [3.05, 3.63) is 59.4 Å². The Bertz CT molecular complexity index is 678. The molecular weight excluding hydrogens is 314 g/mol. The Hall–Kier alpha value is -2.47. The Morgan fingerprint density at radius 3 is 2.82 bits per heavy atom. The van der Waals surface area contributed by atoms with Crippen LogP contribution in [0.4, 0.5) is 14.5 Å². The molecule has 1 heterocycles. The minimum atomic E-state index is -2.96. The van der Waals surface area contributed by atoms with Gasteiger partial charge < -0.3 is 10.1 Å². The molecule has 1 aromatic heterocycles. The largest absolute Gasteiger partial charge is 0.433 e. The van der Waals surface area contributed by atoms with E-state index >= 15 is 0 Å². The van der Waals surface area contributed by atoms with E-state index in [4.69, 9.17) is 11.6 Å². The lowest BCUT2D eigenvalue weighted by molar-refractivity contribution is -0.111. The molecule has 7 heteroatoms. The second kappa shape index (κ2) is 7.51. The van der Waals surface area contributed by atoms with Crippen molar-refractivity contribution < 1.29 is 18.3 Å². The number of pyridine rings is 1. The van der Waals surface area contributed by atoms with Crippen molar-refractivity contribution in [2.75, 3.05) is 5.32 Å². The van der Waals surface area contributed by atoms with Gasteiger partial charge >= 0.3 is 6.61 Å². The van der Waals surface area contributed by atoms with Gasteiger partial charge in [0.2, 0.25) is 5.91 Å². The molecule has 2 rings (SSSR count). The van der Waals surface area contributed by atoms with E-state index in [0.29, 0.717) is 5.69 Å². The fourth-order valence-electron chi connectivity index (χ4n) is 1.60. The number of hydrogen-bond acceptors (Lipinski definition) is 3. The van der Waals surface area contributed by atoms with Crippen molar-refractivity contribution in [1.82, 2.24) is 4.98 Å². The number of alkyl halides is 2. The van der Waals surface area contributed by atoms with E-state index in [-0.39, 0.29) is 16.7 Å². The molecule has 22 heavy (non-hydrogen) atoms. The van der Waals surface area contributed by atoms with Crippen LogP contribution in [0.3, 0.4) is 0 Å². The Morgan fingerprint density at radius 1 is 1.36 bits per heavy atom. The molecule has 2 aromatic rings. The zero-order chi connectivity index (χ0) is 15.9. The molecule has 0 radical (unpaired) electrons. The van der Waals surface area contributed by atoms with Crippen molar-refractivity contribution in [3.63, 3.8) is 0 Å². The molecule has 0 aliphatic rings. The smallest absolute Gasteiger partial charge is 0.387 e. The number of amides is 1. The summed E-state index contributed by atoms with van der Waals surface area (Å²) >= 11 is 5.79. The number of anilines is 1. The van der Waals surface area contributed by atoms with Gasteiger partial charge in [-0.1, -0.05) is 17.7 Å². The molecule has 0 fully saturated rings. The van der Waals surface area contributed by atoms with Crippen LogP contribution in [0.25, 0.3) is 6.08 Å². The normalized spacial score (nSPS) is 10.9. The first-order valence-corrected chi connectivity index (χ1v) is 6.56. The monoisotopic (exact) mass is 324 g/mol. The van der Waals surface area contributed by atoms with Crippen molar-refractivity contribution in [1.29, 1.82) is 0 Å². The molecule has 0 bridgehead atoms. The van der Waals surface area contributed by atoms with Crippen LogP contribution in [0, 0.1) is 0 Å². The zero-order valence-electron chi connectivity index (χ0n) is 11.2. The minimum absolute atomic E-state index is 0.0191. The quantitative estimate of drug-likeness (QED) is 0.846. The fraction of sp³-hybridized carbons (Fsp3) is 0.0667. The highest BCUT2D eigenvalue weighted by atomic mass is 35.5. The molecule has 1 aromatic carbocycles. The van der Waals surface area contributed by atoms with Crippen LogP contribution in [-0.4, -0.2) is 17.5 Å². The molecule has 0 spiro atoms. The van der Waals surface area contributed by atoms with Gasteiger partial charge in [0.15, 0.2) is 0 Å². The number of halogens is 3. The summed E-state index contributed by atoms with van der Waals surface area (Å²) < 4.78 is 28.4. The second-order valence-corrected chi connectivity index (χ2v) is 4.54.